The first kappa shape index (κ1) is 13.5. The number of aromatic nitrogens is 4. The van der Waals surface area contributed by atoms with Crippen LogP contribution in [0.4, 0.5) is 10.2 Å². The second-order valence-corrected chi connectivity index (χ2v) is 5.74. The molecule has 0 spiro atoms. The molecule has 112 valence electrons. The Bertz CT molecular complexity index is 820. The Morgan fingerprint density at radius 2 is 2.23 bits per heavy atom. The largest absolute Gasteiger partial charge is 0.354 e. The average molecular weight is 318 g/mol. The van der Waals surface area contributed by atoms with E-state index in [1.165, 1.54) is 0 Å². The predicted molar refractivity (Wildman–Crippen MR) is 83.9 cm³/mol. The van der Waals surface area contributed by atoms with Crippen LogP contribution in [-0.4, -0.2) is 39.4 Å². The van der Waals surface area contributed by atoms with Gasteiger partial charge in [-0.25, -0.2) is 9.37 Å². The van der Waals surface area contributed by atoms with E-state index in [0.717, 1.165) is 22.5 Å². The summed E-state index contributed by atoms with van der Waals surface area (Å²) in [6.45, 7) is 1.06. The molecule has 1 aliphatic rings. The number of halogens is 2. The van der Waals surface area contributed by atoms with Crippen molar-refractivity contribution in [1.82, 2.24) is 20.2 Å². The van der Waals surface area contributed by atoms with Crippen LogP contribution in [0.5, 0.6) is 0 Å². The molecule has 1 unspecified atom stereocenters. The number of H-pyrrole nitrogens is 1. The third-order valence-corrected chi connectivity index (χ3v) is 4.18. The van der Waals surface area contributed by atoms with Crippen LogP contribution in [0, 0.1) is 0 Å². The van der Waals surface area contributed by atoms with Gasteiger partial charge < -0.3 is 4.90 Å². The van der Waals surface area contributed by atoms with E-state index in [-0.39, 0.29) is 0 Å². The lowest BCUT2D eigenvalue weighted by Gasteiger charge is -2.17. The first-order valence-corrected chi connectivity index (χ1v) is 7.43. The van der Waals surface area contributed by atoms with Crippen molar-refractivity contribution in [2.24, 2.45) is 0 Å². The van der Waals surface area contributed by atoms with Gasteiger partial charge in [0, 0.05) is 30.1 Å². The summed E-state index contributed by atoms with van der Waals surface area (Å²) in [7, 11) is 0. The maximum atomic E-state index is 13.4. The molecule has 1 N–H and O–H groups in total. The van der Waals surface area contributed by atoms with E-state index in [0.29, 0.717) is 30.0 Å². The molecule has 4 heterocycles. The van der Waals surface area contributed by atoms with Gasteiger partial charge in [-0.2, -0.15) is 5.10 Å². The minimum atomic E-state index is -0.789. The molecule has 0 aliphatic carbocycles. The Balaban J connectivity index is 1.89. The molecule has 0 saturated carbocycles. The Hall–Kier alpha value is -2.21. The van der Waals surface area contributed by atoms with E-state index >= 15 is 0 Å². The van der Waals surface area contributed by atoms with Gasteiger partial charge in [0.2, 0.25) is 0 Å². The Morgan fingerprint density at radius 1 is 1.32 bits per heavy atom. The summed E-state index contributed by atoms with van der Waals surface area (Å²) < 4.78 is 13.4. The number of fused-ring (bicyclic) bond motifs is 1. The fourth-order valence-electron chi connectivity index (χ4n) is 2.80. The minimum Gasteiger partial charge on any atom is -0.354 e. The summed E-state index contributed by atoms with van der Waals surface area (Å²) in [5, 5.41) is 7.26. The molecule has 1 fully saturated rings. The van der Waals surface area contributed by atoms with Gasteiger partial charge in [0.05, 0.1) is 23.3 Å². The highest BCUT2D eigenvalue weighted by atomic mass is 35.5. The van der Waals surface area contributed by atoms with Crippen molar-refractivity contribution >= 4 is 28.5 Å². The molecule has 1 aliphatic heterocycles. The van der Waals surface area contributed by atoms with E-state index in [1.807, 2.05) is 17.0 Å². The van der Waals surface area contributed by atoms with Gasteiger partial charge in [0.1, 0.15) is 17.5 Å². The summed E-state index contributed by atoms with van der Waals surface area (Å²) in [4.78, 5) is 10.9. The van der Waals surface area contributed by atoms with Crippen LogP contribution in [-0.2, 0) is 0 Å². The topological polar surface area (TPSA) is 57.7 Å². The molecule has 7 heteroatoms. The number of hydrogen-bond donors (Lipinski definition) is 1. The summed E-state index contributed by atoms with van der Waals surface area (Å²) >= 11 is 6.31. The Kier molecular flexibility index (Phi) is 3.18. The van der Waals surface area contributed by atoms with Gasteiger partial charge in [0.15, 0.2) is 0 Å². The molecular formula is C15H13ClFN5. The molecule has 0 aromatic carbocycles. The zero-order valence-corrected chi connectivity index (χ0v) is 12.4. The highest BCUT2D eigenvalue weighted by Crippen LogP contribution is 2.34. The summed E-state index contributed by atoms with van der Waals surface area (Å²) in [6, 6.07) is 3.77. The molecular weight excluding hydrogens is 305 g/mol. The zero-order chi connectivity index (χ0) is 15.1. The average Bonchev–Trinajstić information content (AvgIpc) is 3.18. The first-order chi connectivity index (χ1) is 10.7. The third kappa shape index (κ3) is 2.20. The maximum absolute atomic E-state index is 13.4. The van der Waals surface area contributed by atoms with Gasteiger partial charge >= 0.3 is 0 Å². The van der Waals surface area contributed by atoms with Crippen LogP contribution in [0.2, 0.25) is 5.02 Å². The summed E-state index contributed by atoms with van der Waals surface area (Å²) in [5.74, 6) is 0.751. The van der Waals surface area contributed by atoms with Crippen LogP contribution < -0.4 is 4.90 Å². The molecule has 5 nitrogen and oxygen atoms in total. The van der Waals surface area contributed by atoms with Gasteiger partial charge in [-0.3, -0.25) is 10.1 Å². The third-order valence-electron chi connectivity index (χ3n) is 3.89. The van der Waals surface area contributed by atoms with Gasteiger partial charge in [-0.05, 0) is 18.6 Å². The molecule has 22 heavy (non-hydrogen) atoms. The number of alkyl halides is 1. The van der Waals surface area contributed by atoms with Crippen molar-refractivity contribution in [2.45, 2.75) is 12.6 Å². The van der Waals surface area contributed by atoms with Crippen LogP contribution in [0.3, 0.4) is 0 Å². The lowest BCUT2D eigenvalue weighted by atomic mass is 10.1. The van der Waals surface area contributed by atoms with Crippen LogP contribution in [0.15, 0.2) is 30.7 Å². The number of nitrogens with one attached hydrogen (secondary N) is 1. The maximum Gasteiger partial charge on any atom is 0.129 e. The number of hydrogen-bond acceptors (Lipinski definition) is 4. The number of pyridine rings is 2. The molecule has 3 aromatic heterocycles. The first-order valence-electron chi connectivity index (χ1n) is 7.06. The molecule has 1 saturated heterocycles. The molecule has 4 rings (SSSR count). The lowest BCUT2D eigenvalue weighted by Crippen LogP contribution is -2.21. The second kappa shape index (κ2) is 5.21. The van der Waals surface area contributed by atoms with E-state index in [9.17, 15) is 4.39 Å². The molecule has 1 atom stereocenters. The Labute approximate surface area is 131 Å². The highest BCUT2D eigenvalue weighted by molar-refractivity contribution is 6.34. The molecule has 0 radical (unpaired) electrons. The fourth-order valence-corrected chi connectivity index (χ4v) is 3.04. The number of nitrogens with zero attached hydrogens (tertiary/aromatic N) is 4. The molecule has 0 bridgehead atoms. The minimum absolute atomic E-state index is 0.382. The van der Waals surface area contributed by atoms with E-state index in [1.54, 1.807) is 18.6 Å². The van der Waals surface area contributed by atoms with E-state index < -0.39 is 6.17 Å². The predicted octanol–water partition coefficient (Wildman–Crippen LogP) is 3.22. The van der Waals surface area contributed by atoms with Crippen LogP contribution in [0.25, 0.3) is 22.2 Å². The fraction of sp³-hybridized carbons (Fsp3) is 0.267. The van der Waals surface area contributed by atoms with Gasteiger partial charge in [-0.15, -0.1) is 0 Å². The van der Waals surface area contributed by atoms with Crippen molar-refractivity contribution in [1.29, 1.82) is 0 Å². The smallest absolute Gasteiger partial charge is 0.129 e. The van der Waals surface area contributed by atoms with E-state index in [4.69, 9.17) is 11.6 Å². The van der Waals surface area contributed by atoms with Crippen LogP contribution >= 0.6 is 11.6 Å². The normalized spacial score (nSPS) is 18.3. The second-order valence-electron chi connectivity index (χ2n) is 5.34. The highest BCUT2D eigenvalue weighted by Gasteiger charge is 2.23. The van der Waals surface area contributed by atoms with Crippen molar-refractivity contribution in [3.05, 3.63) is 35.7 Å². The Morgan fingerprint density at radius 3 is 2.95 bits per heavy atom. The number of rotatable bonds is 2. The molecule has 3 aromatic rings. The SMILES string of the molecule is FC1CCN(c2ccc3ncc(Cl)c(-c4cn[nH]c4)c3n2)C1. The van der Waals surface area contributed by atoms with Gasteiger partial charge in [-0.1, -0.05) is 11.6 Å². The lowest BCUT2D eigenvalue weighted by molar-refractivity contribution is 0.364. The standard InChI is InChI=1S/C15H13ClFN5/c16-11-7-18-12-1-2-13(22-4-3-10(17)8-22)21-15(12)14(11)9-5-19-20-6-9/h1-2,5-7,10H,3-4,8H2,(H,19,20). The zero-order valence-electron chi connectivity index (χ0n) is 11.6. The van der Waals surface area contributed by atoms with Crippen molar-refractivity contribution < 1.29 is 4.39 Å². The van der Waals surface area contributed by atoms with Gasteiger partial charge in [0.25, 0.3) is 0 Å². The quantitative estimate of drug-likeness (QED) is 0.788. The van der Waals surface area contributed by atoms with Crippen molar-refractivity contribution in [3.63, 3.8) is 0 Å². The van der Waals surface area contributed by atoms with E-state index in [2.05, 4.69) is 20.2 Å². The summed E-state index contributed by atoms with van der Waals surface area (Å²) in [5.41, 5.74) is 3.10. The van der Waals surface area contributed by atoms with Crippen LogP contribution in [0.1, 0.15) is 6.42 Å². The van der Waals surface area contributed by atoms with Crippen molar-refractivity contribution in [2.75, 3.05) is 18.0 Å². The molecule has 0 amide bonds. The monoisotopic (exact) mass is 317 g/mol. The number of aromatic amines is 1. The van der Waals surface area contributed by atoms with Crippen molar-refractivity contribution in [3.8, 4) is 11.1 Å². The summed E-state index contributed by atoms with van der Waals surface area (Å²) in [6.07, 6.45) is 4.83. The number of anilines is 1.